The second kappa shape index (κ2) is 16.6. The first kappa shape index (κ1) is 40.5. The van der Waals surface area contributed by atoms with Crippen molar-refractivity contribution >= 4 is 54.2 Å². The highest BCUT2D eigenvalue weighted by atomic mass is 28.4. The average Bonchev–Trinajstić information content (AvgIpc) is 3.02. The van der Waals surface area contributed by atoms with Crippen molar-refractivity contribution in [3.05, 3.63) is 65.7 Å². The molecule has 0 bridgehead atoms. The lowest BCUT2D eigenvalue weighted by Crippen LogP contribution is -2.54. The average molecular weight is 700 g/mol. The molecule has 0 saturated carbocycles. The number of carbonyl (C=O) groups excluding carboxylic acids is 3. The summed E-state index contributed by atoms with van der Waals surface area (Å²) in [6.07, 6.45) is -1.02. The van der Waals surface area contributed by atoms with Crippen LogP contribution in [0.25, 0.3) is 5.57 Å². The van der Waals surface area contributed by atoms with Crippen LogP contribution in [0, 0.1) is 0 Å². The van der Waals surface area contributed by atoms with Gasteiger partial charge in [-0.05, 0) is 80.2 Å². The minimum absolute atomic E-state index is 0.0470. The minimum Gasteiger partial charge on any atom is -0.496 e. The van der Waals surface area contributed by atoms with Crippen molar-refractivity contribution in [1.82, 2.24) is 0 Å². The quantitative estimate of drug-likeness (QED) is 0.0942. The van der Waals surface area contributed by atoms with Crippen molar-refractivity contribution in [3.8, 4) is 5.75 Å². The number of amides is 1. The molecule has 1 amide bonds. The molecule has 0 spiro atoms. The number of Topliss-reactive ketones (excluding diaryl/α,β-unsaturated/α-hetero) is 1. The molecule has 0 heterocycles. The summed E-state index contributed by atoms with van der Waals surface area (Å²) in [6.45, 7) is 28.0. The zero-order valence-corrected chi connectivity index (χ0v) is 33.7. The lowest BCUT2D eigenvalue weighted by molar-refractivity contribution is -0.126. The molecule has 2 aromatic rings. The summed E-state index contributed by atoms with van der Waals surface area (Å²) in [6, 6.07) is 14.4. The Morgan fingerprint density at radius 3 is 1.98 bits per heavy atom. The molecule has 0 aliphatic carbocycles. The standard InChI is InChI=1S/C36H57NO7Si3/c1-14-47(15-2,16-3)43-31(25-42-46(12,13)36(5,6)7)34(44-45(9,10)11)33(39)26(4)32-29(22-27(24-38)23-30(32)41-8)37-35(40)28-20-18-17-19-21-28/h17-24,31,34H,4,14-16,25H2,1-3,5-13H3,(H,37,40)/t31-,34+/m1/s1. The van der Waals surface area contributed by atoms with Gasteiger partial charge in [-0.2, -0.15) is 0 Å². The fraction of sp³-hybridized carbons (Fsp3) is 0.528. The lowest BCUT2D eigenvalue weighted by atomic mass is 9.94. The van der Waals surface area contributed by atoms with Gasteiger partial charge in [0.05, 0.1) is 31.1 Å². The van der Waals surface area contributed by atoms with E-state index in [2.05, 4.69) is 66.5 Å². The molecule has 2 rings (SSSR count). The predicted octanol–water partition coefficient (Wildman–Crippen LogP) is 8.97. The fourth-order valence-corrected chi connectivity index (χ4v) is 9.91. The van der Waals surface area contributed by atoms with Crippen molar-refractivity contribution in [2.24, 2.45) is 0 Å². The second-order valence-electron chi connectivity index (χ2n) is 14.5. The normalized spacial score (nSPS) is 13.9. The van der Waals surface area contributed by atoms with Crippen LogP contribution in [0.2, 0.25) is 55.9 Å². The van der Waals surface area contributed by atoms with Crippen LogP contribution >= 0.6 is 0 Å². The van der Waals surface area contributed by atoms with Crippen LogP contribution in [0.5, 0.6) is 5.75 Å². The molecule has 11 heteroatoms. The van der Waals surface area contributed by atoms with Crippen LogP contribution in [-0.2, 0) is 18.1 Å². The Morgan fingerprint density at radius 2 is 1.51 bits per heavy atom. The molecule has 0 fully saturated rings. The number of aldehydes is 1. The van der Waals surface area contributed by atoms with E-state index in [4.69, 9.17) is 18.0 Å². The summed E-state index contributed by atoms with van der Waals surface area (Å²) in [4.78, 5) is 40.0. The van der Waals surface area contributed by atoms with Gasteiger partial charge in [0.1, 0.15) is 18.1 Å². The van der Waals surface area contributed by atoms with Crippen molar-refractivity contribution in [1.29, 1.82) is 0 Å². The fourth-order valence-electron chi connectivity index (χ4n) is 5.05. The van der Waals surface area contributed by atoms with Crippen molar-refractivity contribution in [2.75, 3.05) is 19.0 Å². The third kappa shape index (κ3) is 10.7. The number of rotatable bonds is 18. The number of ether oxygens (including phenoxy) is 1. The Bertz CT molecular complexity index is 1390. The Balaban J connectivity index is 2.74. The van der Waals surface area contributed by atoms with Gasteiger partial charge in [0.2, 0.25) is 0 Å². The summed E-state index contributed by atoms with van der Waals surface area (Å²) in [5, 5.41) is 2.84. The number of hydrogen-bond donors (Lipinski definition) is 1. The predicted molar refractivity (Wildman–Crippen MR) is 200 cm³/mol. The molecule has 0 aliphatic rings. The second-order valence-corrected chi connectivity index (χ2v) is 28.5. The number of benzene rings is 2. The van der Waals surface area contributed by atoms with Gasteiger partial charge in [-0.1, -0.05) is 66.3 Å². The number of anilines is 1. The van der Waals surface area contributed by atoms with Crippen LogP contribution in [0.15, 0.2) is 49.0 Å². The van der Waals surface area contributed by atoms with Gasteiger partial charge >= 0.3 is 0 Å². The topological polar surface area (TPSA) is 100 Å². The molecule has 0 aromatic heterocycles. The van der Waals surface area contributed by atoms with E-state index < -0.39 is 43.1 Å². The SMILES string of the molecule is C=C(C(=O)[C@@H](O[Si](C)(C)C)[C@@H](CO[Si](C)(C)C(C)(C)C)O[Si](CC)(CC)CC)c1c(NC(=O)c2ccccc2)cc(C=O)cc1OC. The molecule has 0 unspecified atom stereocenters. The Morgan fingerprint density at radius 1 is 0.936 bits per heavy atom. The van der Waals surface area contributed by atoms with Crippen LogP contribution in [0.3, 0.4) is 0 Å². The van der Waals surface area contributed by atoms with E-state index in [0.717, 1.165) is 18.1 Å². The summed E-state index contributed by atoms with van der Waals surface area (Å²) in [7, 11) is -5.38. The van der Waals surface area contributed by atoms with Gasteiger partial charge in [0.15, 0.2) is 30.7 Å². The Hall–Kier alpha value is -2.68. The molecule has 260 valence electrons. The number of methoxy groups -OCH3 is 1. The lowest BCUT2D eigenvalue weighted by Gasteiger charge is -2.42. The van der Waals surface area contributed by atoms with E-state index >= 15 is 0 Å². The van der Waals surface area contributed by atoms with E-state index in [0.29, 0.717) is 11.8 Å². The molecule has 0 radical (unpaired) electrons. The van der Waals surface area contributed by atoms with Crippen molar-refractivity contribution in [3.63, 3.8) is 0 Å². The molecular weight excluding hydrogens is 643 g/mol. The van der Waals surface area contributed by atoms with Crippen LogP contribution in [0.4, 0.5) is 5.69 Å². The van der Waals surface area contributed by atoms with Gasteiger partial charge in [0, 0.05) is 16.7 Å². The van der Waals surface area contributed by atoms with Crippen LogP contribution in [-0.4, -0.2) is 68.9 Å². The third-order valence-corrected chi connectivity index (χ3v) is 19.3. The monoisotopic (exact) mass is 699 g/mol. The summed E-state index contributed by atoms with van der Waals surface area (Å²) >= 11 is 0. The molecule has 1 N–H and O–H groups in total. The minimum atomic E-state index is -2.35. The van der Waals surface area contributed by atoms with Gasteiger partial charge in [-0.15, -0.1) is 0 Å². The highest BCUT2D eigenvalue weighted by molar-refractivity contribution is 6.74. The maximum atomic E-state index is 14.8. The smallest absolute Gasteiger partial charge is 0.255 e. The molecule has 8 nitrogen and oxygen atoms in total. The van der Waals surface area contributed by atoms with Gasteiger partial charge in [-0.3, -0.25) is 14.4 Å². The van der Waals surface area contributed by atoms with Gasteiger partial charge < -0.3 is 23.3 Å². The summed E-state index contributed by atoms with van der Waals surface area (Å²) in [5.74, 6) is -0.548. The van der Waals surface area contributed by atoms with Gasteiger partial charge in [-0.25, -0.2) is 0 Å². The first-order valence-corrected chi connectivity index (χ1v) is 25.4. The number of hydrogen-bond acceptors (Lipinski definition) is 7. The first-order chi connectivity index (χ1) is 21.8. The Kier molecular flexibility index (Phi) is 14.3. The largest absolute Gasteiger partial charge is 0.496 e. The summed E-state index contributed by atoms with van der Waals surface area (Å²) < 4.78 is 26.2. The maximum Gasteiger partial charge on any atom is 0.255 e. The molecule has 2 aromatic carbocycles. The van der Waals surface area contributed by atoms with Gasteiger partial charge in [0.25, 0.3) is 5.91 Å². The van der Waals surface area contributed by atoms with Crippen molar-refractivity contribution in [2.45, 2.75) is 110 Å². The Labute approximate surface area is 286 Å². The molecule has 47 heavy (non-hydrogen) atoms. The van der Waals surface area contributed by atoms with E-state index in [1.807, 2.05) is 25.7 Å². The van der Waals surface area contributed by atoms with Crippen LogP contribution in [0.1, 0.15) is 67.8 Å². The zero-order chi connectivity index (χ0) is 35.8. The van der Waals surface area contributed by atoms with E-state index in [1.165, 1.54) is 19.2 Å². The zero-order valence-electron chi connectivity index (χ0n) is 30.7. The number of nitrogens with one attached hydrogen (secondary N) is 1. The maximum absolute atomic E-state index is 14.8. The third-order valence-electron chi connectivity index (χ3n) is 9.19. The molecule has 0 aliphatic heterocycles. The molecular formula is C36H57NO7Si3. The number of carbonyl (C=O) groups is 3. The summed E-state index contributed by atoms with van der Waals surface area (Å²) in [5.41, 5.74) is 1.30. The first-order valence-electron chi connectivity index (χ1n) is 16.5. The highest BCUT2D eigenvalue weighted by Crippen LogP contribution is 2.39. The van der Waals surface area contributed by atoms with Crippen molar-refractivity contribution < 1.29 is 32.4 Å². The molecule has 0 saturated heterocycles. The van der Waals surface area contributed by atoms with E-state index in [-0.39, 0.29) is 45.6 Å². The highest BCUT2D eigenvalue weighted by Gasteiger charge is 2.44. The number of ketones is 1. The molecule has 2 atom stereocenters. The van der Waals surface area contributed by atoms with E-state index in [1.54, 1.807) is 24.3 Å². The van der Waals surface area contributed by atoms with Crippen LogP contribution < -0.4 is 10.1 Å². The van der Waals surface area contributed by atoms with E-state index in [9.17, 15) is 14.4 Å².